The molecule has 4 aromatic rings. The number of anilines is 1. The molecule has 0 spiro atoms. The van der Waals surface area contributed by atoms with E-state index in [-0.39, 0.29) is 72.1 Å². The number of aliphatic hydroxyl groups excluding tert-OH is 1. The Morgan fingerprint density at radius 2 is 1.17 bits per heavy atom. The van der Waals surface area contributed by atoms with Crippen molar-refractivity contribution in [2.75, 3.05) is 59.6 Å². The van der Waals surface area contributed by atoms with E-state index in [0.29, 0.717) is 0 Å². The highest BCUT2D eigenvalue weighted by Crippen LogP contribution is 2.59. The zero-order valence-electron chi connectivity index (χ0n) is 52.7. The molecule has 4 aromatic heterocycles. The molecule has 39 nitrogen and oxygen atoms in total. The predicted molar refractivity (Wildman–Crippen MR) is 359 cm³/mol. The molecule has 7 unspecified atom stereocenters. The van der Waals surface area contributed by atoms with Crippen LogP contribution in [0, 0.1) is 13.8 Å². The molecule has 9 heterocycles. The van der Waals surface area contributed by atoms with Crippen LogP contribution in [0.4, 0.5) is 5.95 Å². The summed E-state index contributed by atoms with van der Waals surface area (Å²) in [6.07, 6.45) is -15.1. The number of hydrogen-bond acceptors (Lipinski definition) is 32. The molecule has 49 heteroatoms. The summed E-state index contributed by atoms with van der Waals surface area (Å²) in [6, 6.07) is 0. The molecule has 5 aliphatic heterocycles. The van der Waals surface area contributed by atoms with Crippen LogP contribution in [0.15, 0.2) is 66.9 Å². The van der Waals surface area contributed by atoms with Crippen molar-refractivity contribution in [2.24, 2.45) is 0 Å². The Bertz CT molecular complexity index is 4220. The van der Waals surface area contributed by atoms with Gasteiger partial charge in [-0.15, -0.1) is 0 Å². The van der Waals surface area contributed by atoms with Crippen molar-refractivity contribution >= 4 is 116 Å². The molecule has 11 N–H and O–H groups in total. The van der Waals surface area contributed by atoms with Crippen molar-refractivity contribution in [1.29, 1.82) is 0 Å². The Morgan fingerprint density at radius 1 is 0.673 bits per heavy atom. The number of nitrogens with one attached hydrogen (secondary N) is 4. The number of rotatable bonds is 32. The first-order valence-corrected chi connectivity index (χ1v) is 42.4. The fourth-order valence-electron chi connectivity index (χ4n) is 10.7. The second-order valence-corrected chi connectivity index (χ2v) is 36.7. The summed E-state index contributed by atoms with van der Waals surface area (Å²) in [7, 11) is 2.47. The third-order valence-electron chi connectivity index (χ3n) is 15.2. The number of imidazole rings is 1. The Hall–Kier alpha value is -3.40. The predicted octanol–water partition coefficient (Wildman–Crippen LogP) is 0.789. The van der Waals surface area contributed by atoms with Crippen molar-refractivity contribution in [2.45, 2.75) is 146 Å². The number of aromatic amines is 3. The second kappa shape index (κ2) is 32.3. The maximum atomic E-state index is 14.7. The summed E-state index contributed by atoms with van der Waals surface area (Å²) < 4.78 is 113. The number of carbonyl (C=O) groups excluding carboxylic acids is 1. The Kier molecular flexibility index (Phi) is 26.0. The van der Waals surface area contributed by atoms with Gasteiger partial charge in [0.2, 0.25) is 5.95 Å². The van der Waals surface area contributed by atoms with E-state index in [9.17, 15) is 58.0 Å². The van der Waals surface area contributed by atoms with Crippen LogP contribution in [0.5, 0.6) is 0 Å². The van der Waals surface area contributed by atoms with Crippen molar-refractivity contribution in [3.8, 4) is 0 Å². The van der Waals surface area contributed by atoms with Crippen molar-refractivity contribution in [3.05, 3.63) is 106 Å². The number of carbonyl (C=O) groups is 1. The van der Waals surface area contributed by atoms with Gasteiger partial charge in [0.25, 0.3) is 22.6 Å². The van der Waals surface area contributed by atoms with Gasteiger partial charge >= 0.3 is 45.1 Å². The number of thiol groups is 1. The number of aliphatic hydroxyl groups is 1. The van der Waals surface area contributed by atoms with Crippen LogP contribution in [0.1, 0.15) is 69.8 Å². The minimum Gasteiger partial charge on any atom is -0.396 e. The Morgan fingerprint density at radius 3 is 1.76 bits per heavy atom. The summed E-state index contributed by atoms with van der Waals surface area (Å²) in [4.78, 5) is 139. The van der Waals surface area contributed by atoms with Gasteiger partial charge in [0.15, 0.2) is 23.6 Å². The Labute approximate surface area is 581 Å². The molecule has 5 aliphatic rings. The first kappa shape index (κ1) is 78.7. The van der Waals surface area contributed by atoms with Gasteiger partial charge in [-0.05, 0) is 88.3 Å². The molecule has 0 aromatic carbocycles. The fraction of sp³-hybridized carbons (Fsp3) is 0.633. The molecule has 4 fully saturated rings. The van der Waals surface area contributed by atoms with Crippen LogP contribution in [0.25, 0.3) is 11.2 Å². The molecule has 1 amide bonds. The van der Waals surface area contributed by atoms with Gasteiger partial charge in [0.1, 0.15) is 73.2 Å². The van der Waals surface area contributed by atoms with E-state index in [1.165, 1.54) is 63.2 Å². The number of H-pyrrole nitrogens is 3. The summed E-state index contributed by atoms with van der Waals surface area (Å²) >= 11 is 25.9. The standard InChI is InChI=1S/C49H72N11O28P5S5/c1-22(2)84-90(69,95)76-17-30-28(13-34(81-30)60-21-51-35-40(60)53-47(50)54-44(35)65)86-91(70,96)77-18-29-27(12-33(80-29)58-15-24(4)42(63)55-48(58)66)85-92(71,97)78-19-32-37(39(74-8)46(83-32)59-16-25(5)43(64)56-49(59)67)88-93(72,98)79-20-31-36(87-89(68,94)75-11-9-10-61)38(73-7)45(82-31)57-14-23(3)41(62)52-26(57)6/h14-16,21-22,27-34,36-39,45-46,61H,6,9-13,17-20H2,1-5,7-8H3,(H,52,62)(H,68,94)(H,69,95)(H,70,96)(H,71,97)(H,72,98)(H,55,63,66)(H,56,64,67)(H3,50,53,54,65)/t27-,28-,29-,30-,31-,32-,33-,34-,36+,37+,38?,39?,45-,46-,89?,90?,91?,92?,93?/m1/s1. The molecule has 4 saturated heterocycles. The van der Waals surface area contributed by atoms with Gasteiger partial charge in [-0.1, -0.05) is 18.8 Å². The highest BCUT2D eigenvalue weighted by Gasteiger charge is 2.54. The summed E-state index contributed by atoms with van der Waals surface area (Å²) in [6.45, 7) is -14.0. The first-order valence-electron chi connectivity index (χ1n) is 29.3. The number of nitrogens with zero attached hydrogens (tertiary/aromatic N) is 6. The van der Waals surface area contributed by atoms with E-state index >= 15 is 0 Å². The number of amides is 1. The van der Waals surface area contributed by atoms with Gasteiger partial charge in [-0.25, -0.2) is 19.1 Å². The molecule has 0 aliphatic carbocycles. The number of aryl methyl sites for hydroxylation is 2. The quantitative estimate of drug-likeness (QED) is 0.0183. The summed E-state index contributed by atoms with van der Waals surface area (Å²) in [5.41, 5.74) is 2.09. The maximum Gasteiger partial charge on any atom is 0.386 e. The van der Waals surface area contributed by atoms with Gasteiger partial charge in [0, 0.05) is 69.0 Å². The summed E-state index contributed by atoms with van der Waals surface area (Å²) in [5, 5.41) is 12.0. The minimum atomic E-state index is -4.82. The maximum absolute atomic E-state index is 14.7. The molecule has 546 valence electrons. The molecular formula is C49H72N11O28P5S5. The van der Waals surface area contributed by atoms with E-state index in [2.05, 4.69) is 49.1 Å². The van der Waals surface area contributed by atoms with Gasteiger partial charge < -0.3 is 96.2 Å². The molecule has 0 saturated carbocycles. The average Bonchev–Trinajstić information content (AvgIpc) is 1.64. The lowest BCUT2D eigenvalue weighted by Crippen LogP contribution is -2.48. The molecule has 19 atom stereocenters. The lowest BCUT2D eigenvalue weighted by atomic mass is 10.1. The molecule has 98 heavy (non-hydrogen) atoms. The monoisotopic (exact) mass is 1580 g/mol. The number of nitrogens with two attached hydrogens (primary N) is 1. The van der Waals surface area contributed by atoms with Crippen LogP contribution in [0.3, 0.4) is 0 Å². The Balaban J connectivity index is 0.950. The summed E-state index contributed by atoms with van der Waals surface area (Å²) in [5.74, 6) is -0.646. The SMILES string of the molecule is C=C1NC(=O)C(C)=CN1[C@@H]1O[C@H](COP(O)(=S)O[C@@H]2C(OC)[C@H](n3cc(C)c(=O)[nH]c3=O)O[C@@H]2COP(=O)(S)O[C@@H]2C[C@H](n3cc(C)c(=O)[nH]c3=O)O[C@@H]2COP(O)(=S)O[C@@H]2C[C@H](n3cnc4c(=O)[nH]c(N)nc43)O[C@@H]2COP(O)(=S)OC(C)C)[C@H](OP(O)(=S)OCCCO)C1OC. The van der Waals surface area contributed by atoms with Crippen LogP contribution < -0.4 is 39.1 Å². The first-order chi connectivity index (χ1) is 45.9. The zero-order chi connectivity index (χ0) is 71.7. The van der Waals surface area contributed by atoms with Crippen LogP contribution >= 0.6 is 45.9 Å². The van der Waals surface area contributed by atoms with Crippen molar-refractivity contribution in [3.63, 3.8) is 0 Å². The van der Waals surface area contributed by atoms with Gasteiger partial charge in [-0.2, -0.15) is 4.98 Å². The lowest BCUT2D eigenvalue weighted by Gasteiger charge is -2.35. The van der Waals surface area contributed by atoms with E-state index < -0.39 is 186 Å². The second-order valence-electron chi connectivity index (χ2n) is 22.6. The number of hydrogen-bond donors (Lipinski definition) is 11. The highest BCUT2D eigenvalue weighted by atomic mass is 32.7. The third kappa shape index (κ3) is 19.3. The van der Waals surface area contributed by atoms with Crippen LogP contribution in [-0.2, 0) is 130 Å². The highest BCUT2D eigenvalue weighted by molar-refractivity contribution is 8.44. The number of aromatic nitrogens is 8. The van der Waals surface area contributed by atoms with Gasteiger partial charge in [-0.3, -0.25) is 65.9 Å². The number of methoxy groups -OCH3 is 2. The average molecular weight is 1580 g/mol. The number of fused-ring (bicyclic) bond motifs is 1. The smallest absolute Gasteiger partial charge is 0.386 e. The molecule has 0 bridgehead atoms. The third-order valence-corrected chi connectivity index (χ3v) is 23.3. The van der Waals surface area contributed by atoms with E-state index in [1.807, 2.05) is 0 Å². The number of nitrogen functional groups attached to an aromatic ring is 1. The van der Waals surface area contributed by atoms with Crippen molar-refractivity contribution < 1.29 is 108 Å². The largest absolute Gasteiger partial charge is 0.396 e. The lowest BCUT2D eigenvalue weighted by molar-refractivity contribution is -0.120. The van der Waals surface area contributed by atoms with Crippen LogP contribution in [-0.4, -0.2) is 201 Å². The molecule has 9 rings (SSSR count). The van der Waals surface area contributed by atoms with E-state index in [0.717, 1.165) is 15.3 Å². The molecular weight excluding hydrogens is 1510 g/mol. The van der Waals surface area contributed by atoms with Crippen LogP contribution in [0.2, 0.25) is 0 Å². The normalized spacial score (nSPS) is 29.9. The van der Waals surface area contributed by atoms with E-state index in [1.54, 1.807) is 13.8 Å². The minimum absolute atomic E-state index is 0.0132. The van der Waals surface area contributed by atoms with Crippen molar-refractivity contribution in [1.82, 2.24) is 48.8 Å². The zero-order valence-corrected chi connectivity index (χ0v) is 61.4. The topological polar surface area (TPSA) is 498 Å². The number of ether oxygens (including phenoxy) is 6. The fourth-order valence-corrected chi connectivity index (χ4v) is 18.3. The van der Waals surface area contributed by atoms with Gasteiger partial charge in [0.05, 0.1) is 51.6 Å². The van der Waals surface area contributed by atoms with E-state index in [4.69, 9.17) is 127 Å². The molecule has 0 radical (unpaired) electrons.